The first kappa shape index (κ1) is 14.1. The van der Waals surface area contributed by atoms with Crippen molar-refractivity contribution in [2.45, 2.75) is 6.54 Å². The third kappa shape index (κ3) is 3.39. The summed E-state index contributed by atoms with van der Waals surface area (Å²) in [6.07, 6.45) is 1.29. The number of carbonyl (C=O) groups excluding carboxylic acids is 1. The van der Waals surface area contributed by atoms with Gasteiger partial charge in [0.05, 0.1) is 12.2 Å². The molecule has 0 spiro atoms. The lowest BCUT2D eigenvalue weighted by Crippen LogP contribution is -2.33. The molecule has 1 heterocycles. The van der Waals surface area contributed by atoms with Crippen LogP contribution in [0.3, 0.4) is 0 Å². The van der Waals surface area contributed by atoms with Gasteiger partial charge in [0.15, 0.2) is 0 Å². The van der Waals surface area contributed by atoms with Crippen molar-refractivity contribution in [3.8, 4) is 0 Å². The molecule has 2 rings (SSSR count). The number of halogens is 1. The molecule has 1 amide bonds. The van der Waals surface area contributed by atoms with E-state index in [1.807, 2.05) is 30.3 Å². The van der Waals surface area contributed by atoms with Gasteiger partial charge in [-0.05, 0) is 17.7 Å². The van der Waals surface area contributed by atoms with Crippen molar-refractivity contribution >= 4 is 5.91 Å². The fourth-order valence-corrected chi connectivity index (χ4v) is 1.89. The molecule has 0 aliphatic carbocycles. The maximum atomic E-state index is 13.6. The van der Waals surface area contributed by atoms with Crippen molar-refractivity contribution in [1.82, 2.24) is 9.88 Å². The minimum absolute atomic E-state index is 0.0862. The number of amides is 1. The Bertz CT molecular complexity index is 575. The molecule has 104 valence electrons. The molecule has 20 heavy (non-hydrogen) atoms. The molecule has 0 saturated heterocycles. The Kier molecular flexibility index (Phi) is 4.79. The molecule has 0 aliphatic heterocycles. The molecule has 0 fully saturated rings. The molecule has 1 aromatic carbocycles. The number of hydrogen-bond acceptors (Lipinski definition) is 3. The van der Waals surface area contributed by atoms with Crippen LogP contribution < -0.4 is 0 Å². The van der Waals surface area contributed by atoms with Crippen LogP contribution in [-0.2, 0) is 6.54 Å². The number of pyridine rings is 1. The maximum Gasteiger partial charge on any atom is 0.258 e. The van der Waals surface area contributed by atoms with Crippen LogP contribution >= 0.6 is 0 Å². The topological polar surface area (TPSA) is 53.4 Å². The van der Waals surface area contributed by atoms with Crippen LogP contribution in [0.5, 0.6) is 0 Å². The number of aromatic nitrogens is 1. The molecule has 4 nitrogen and oxygen atoms in total. The minimum atomic E-state index is -0.798. The summed E-state index contributed by atoms with van der Waals surface area (Å²) in [7, 11) is 0. The highest BCUT2D eigenvalue weighted by atomic mass is 19.1. The van der Waals surface area contributed by atoms with Gasteiger partial charge in [0.1, 0.15) is 0 Å². The highest BCUT2D eigenvalue weighted by molar-refractivity contribution is 5.94. The third-order valence-electron chi connectivity index (χ3n) is 2.86. The van der Waals surface area contributed by atoms with Gasteiger partial charge >= 0.3 is 0 Å². The van der Waals surface area contributed by atoms with Gasteiger partial charge in [0.25, 0.3) is 5.91 Å². The Hall–Kier alpha value is -2.27. The van der Waals surface area contributed by atoms with Crippen LogP contribution in [0.25, 0.3) is 0 Å². The van der Waals surface area contributed by atoms with Crippen LogP contribution in [0.4, 0.5) is 4.39 Å². The molecular formula is C15H15FN2O2. The van der Waals surface area contributed by atoms with Gasteiger partial charge in [0, 0.05) is 19.3 Å². The van der Waals surface area contributed by atoms with E-state index in [1.54, 1.807) is 0 Å². The lowest BCUT2D eigenvalue weighted by Gasteiger charge is -2.22. The largest absolute Gasteiger partial charge is 0.395 e. The van der Waals surface area contributed by atoms with E-state index < -0.39 is 11.9 Å². The second kappa shape index (κ2) is 6.77. The van der Waals surface area contributed by atoms with Crippen molar-refractivity contribution in [2.75, 3.05) is 13.2 Å². The summed E-state index contributed by atoms with van der Waals surface area (Å²) in [5.74, 6) is -1.28. The monoisotopic (exact) mass is 274 g/mol. The van der Waals surface area contributed by atoms with E-state index in [2.05, 4.69) is 4.98 Å². The van der Waals surface area contributed by atoms with E-state index in [1.165, 1.54) is 23.2 Å². The Morgan fingerprint density at radius 3 is 2.60 bits per heavy atom. The van der Waals surface area contributed by atoms with Gasteiger partial charge in [-0.15, -0.1) is 0 Å². The zero-order chi connectivity index (χ0) is 14.4. The first-order valence-corrected chi connectivity index (χ1v) is 6.27. The minimum Gasteiger partial charge on any atom is -0.395 e. The van der Waals surface area contributed by atoms with Crippen molar-refractivity contribution < 1.29 is 14.3 Å². The predicted octanol–water partition coefficient (Wildman–Crippen LogP) is 1.86. The normalized spacial score (nSPS) is 10.3. The second-order valence-electron chi connectivity index (χ2n) is 4.28. The number of hydrogen-bond donors (Lipinski definition) is 1. The van der Waals surface area contributed by atoms with Crippen LogP contribution in [0.2, 0.25) is 0 Å². The van der Waals surface area contributed by atoms with Gasteiger partial charge in [-0.1, -0.05) is 30.3 Å². The Morgan fingerprint density at radius 1 is 1.20 bits per heavy atom. The molecule has 2 aromatic rings. The summed E-state index contributed by atoms with van der Waals surface area (Å²) in [5, 5.41) is 9.08. The van der Waals surface area contributed by atoms with E-state index in [4.69, 9.17) is 5.11 Å². The summed E-state index contributed by atoms with van der Waals surface area (Å²) in [5.41, 5.74) is 0.829. The molecule has 0 bridgehead atoms. The number of aliphatic hydroxyl groups is 1. The van der Waals surface area contributed by atoms with Crippen LogP contribution in [0, 0.1) is 5.95 Å². The molecule has 0 radical (unpaired) electrons. The average Bonchev–Trinajstić information content (AvgIpc) is 2.48. The summed E-state index contributed by atoms with van der Waals surface area (Å²) in [4.78, 5) is 17.2. The lowest BCUT2D eigenvalue weighted by atomic mass is 10.2. The average molecular weight is 274 g/mol. The van der Waals surface area contributed by atoms with Gasteiger partial charge in [-0.3, -0.25) is 4.79 Å². The Labute approximate surface area is 116 Å². The van der Waals surface area contributed by atoms with E-state index >= 15 is 0 Å². The third-order valence-corrected chi connectivity index (χ3v) is 2.86. The number of aliphatic hydroxyl groups excluding tert-OH is 1. The second-order valence-corrected chi connectivity index (χ2v) is 4.28. The lowest BCUT2D eigenvalue weighted by molar-refractivity contribution is 0.0702. The summed E-state index contributed by atoms with van der Waals surface area (Å²) in [6, 6.07) is 12.2. The van der Waals surface area contributed by atoms with Gasteiger partial charge in [-0.2, -0.15) is 4.39 Å². The van der Waals surface area contributed by atoms with Crippen LogP contribution in [0.15, 0.2) is 48.7 Å². The number of nitrogens with zero attached hydrogens (tertiary/aromatic N) is 2. The van der Waals surface area contributed by atoms with Crippen LogP contribution in [0.1, 0.15) is 15.9 Å². The van der Waals surface area contributed by atoms with Crippen molar-refractivity contribution in [3.63, 3.8) is 0 Å². The van der Waals surface area contributed by atoms with Crippen molar-refractivity contribution in [3.05, 3.63) is 65.7 Å². The molecule has 1 N–H and O–H groups in total. The highest BCUT2D eigenvalue weighted by Crippen LogP contribution is 2.11. The standard InChI is InChI=1S/C15H15FN2O2/c16-14-13(7-4-8-17-14)15(20)18(9-10-19)11-12-5-2-1-3-6-12/h1-8,19H,9-11H2. The van der Waals surface area contributed by atoms with E-state index in [-0.39, 0.29) is 18.7 Å². The number of carbonyl (C=O) groups is 1. The summed E-state index contributed by atoms with van der Waals surface area (Å²) in [6.45, 7) is 0.275. The zero-order valence-electron chi connectivity index (χ0n) is 10.9. The molecule has 0 saturated carbocycles. The van der Waals surface area contributed by atoms with Gasteiger partial charge in [0.2, 0.25) is 5.95 Å². The molecule has 0 unspecified atom stereocenters. The number of rotatable bonds is 5. The van der Waals surface area contributed by atoms with E-state index in [0.29, 0.717) is 6.54 Å². The fraction of sp³-hybridized carbons (Fsp3) is 0.200. The highest BCUT2D eigenvalue weighted by Gasteiger charge is 2.19. The van der Waals surface area contributed by atoms with Crippen molar-refractivity contribution in [1.29, 1.82) is 0 Å². The quantitative estimate of drug-likeness (QED) is 0.847. The molecule has 0 atom stereocenters. The maximum absolute atomic E-state index is 13.6. The molecule has 0 aliphatic rings. The zero-order valence-corrected chi connectivity index (χ0v) is 10.9. The van der Waals surface area contributed by atoms with E-state index in [0.717, 1.165) is 5.56 Å². The fourth-order valence-electron chi connectivity index (χ4n) is 1.89. The van der Waals surface area contributed by atoms with Gasteiger partial charge < -0.3 is 10.0 Å². The molecular weight excluding hydrogens is 259 g/mol. The van der Waals surface area contributed by atoms with Crippen LogP contribution in [-0.4, -0.2) is 34.0 Å². The predicted molar refractivity (Wildman–Crippen MR) is 72.5 cm³/mol. The van der Waals surface area contributed by atoms with Crippen molar-refractivity contribution in [2.24, 2.45) is 0 Å². The Balaban J connectivity index is 2.20. The summed E-state index contributed by atoms with van der Waals surface area (Å²) >= 11 is 0. The van der Waals surface area contributed by atoms with Gasteiger partial charge in [-0.25, -0.2) is 4.98 Å². The first-order valence-electron chi connectivity index (χ1n) is 6.27. The molecule has 1 aromatic heterocycles. The van der Waals surface area contributed by atoms with E-state index in [9.17, 15) is 9.18 Å². The Morgan fingerprint density at radius 2 is 1.95 bits per heavy atom. The first-order chi connectivity index (χ1) is 9.72. The molecule has 5 heteroatoms. The number of benzene rings is 1. The SMILES string of the molecule is O=C(c1cccnc1F)N(CCO)Cc1ccccc1. The smallest absolute Gasteiger partial charge is 0.258 e. The summed E-state index contributed by atoms with van der Waals surface area (Å²) < 4.78 is 13.6.